The van der Waals surface area contributed by atoms with Gasteiger partial charge in [0.2, 0.25) is 0 Å². The van der Waals surface area contributed by atoms with Crippen molar-refractivity contribution in [3.05, 3.63) is 39.7 Å². The zero-order chi connectivity index (χ0) is 13.1. The van der Waals surface area contributed by atoms with Crippen molar-refractivity contribution < 1.29 is 4.79 Å². The third kappa shape index (κ3) is 2.88. The minimum absolute atomic E-state index is 0.197. The maximum atomic E-state index is 11.9. The molecule has 5 nitrogen and oxygen atoms in total. The number of aryl methyl sites for hydroxylation is 1. The maximum absolute atomic E-state index is 11.9. The van der Waals surface area contributed by atoms with Crippen molar-refractivity contribution in [1.82, 2.24) is 14.8 Å². The fourth-order valence-corrected chi connectivity index (χ4v) is 1.81. The first-order valence-electron chi connectivity index (χ1n) is 5.26. The second-order valence-electron chi connectivity index (χ2n) is 3.50. The van der Waals surface area contributed by atoms with E-state index in [1.165, 1.54) is 0 Å². The molecule has 0 radical (unpaired) electrons. The summed E-state index contributed by atoms with van der Waals surface area (Å²) in [6, 6.07) is 3.47. The van der Waals surface area contributed by atoms with Crippen LogP contribution in [0.25, 0.3) is 0 Å². The molecule has 1 amide bonds. The van der Waals surface area contributed by atoms with Gasteiger partial charge in [0.15, 0.2) is 5.69 Å². The predicted octanol–water partition coefficient (Wildman–Crippen LogP) is 2.97. The number of amides is 1. The van der Waals surface area contributed by atoms with Gasteiger partial charge in [0.05, 0.1) is 5.02 Å². The highest BCUT2D eigenvalue weighted by molar-refractivity contribution is 9.10. The minimum Gasteiger partial charge on any atom is -0.305 e. The quantitative estimate of drug-likeness (QED) is 0.942. The van der Waals surface area contributed by atoms with Crippen molar-refractivity contribution in [3.8, 4) is 0 Å². The van der Waals surface area contributed by atoms with Gasteiger partial charge in [0.25, 0.3) is 5.91 Å². The Hall–Kier alpha value is -1.40. The van der Waals surface area contributed by atoms with Crippen LogP contribution in [0.1, 0.15) is 17.4 Å². The lowest BCUT2D eigenvalue weighted by atomic mass is 10.4. The zero-order valence-electron chi connectivity index (χ0n) is 9.52. The monoisotopic (exact) mass is 328 g/mol. The third-order valence-electron chi connectivity index (χ3n) is 2.23. The van der Waals surface area contributed by atoms with Crippen molar-refractivity contribution in [1.29, 1.82) is 0 Å². The molecule has 18 heavy (non-hydrogen) atoms. The first kappa shape index (κ1) is 13.0. The molecule has 0 saturated carbocycles. The molecule has 2 heterocycles. The number of halogens is 2. The molecule has 0 aliphatic carbocycles. The molecule has 0 aliphatic heterocycles. The second-order valence-corrected chi connectivity index (χ2v) is 4.82. The summed E-state index contributed by atoms with van der Waals surface area (Å²) in [5.74, 6) is 0.0762. The fourth-order valence-electron chi connectivity index (χ4n) is 1.34. The zero-order valence-corrected chi connectivity index (χ0v) is 11.9. The Kier molecular flexibility index (Phi) is 3.98. The maximum Gasteiger partial charge on any atom is 0.278 e. The number of carbonyl (C=O) groups excluding carboxylic acids is 1. The van der Waals surface area contributed by atoms with Crippen LogP contribution in [0.4, 0.5) is 5.82 Å². The van der Waals surface area contributed by atoms with Gasteiger partial charge in [0.1, 0.15) is 5.82 Å². The molecule has 0 bridgehead atoms. The van der Waals surface area contributed by atoms with E-state index in [0.717, 1.165) is 4.47 Å². The van der Waals surface area contributed by atoms with Gasteiger partial charge in [-0.2, -0.15) is 5.10 Å². The van der Waals surface area contributed by atoms with Crippen molar-refractivity contribution in [3.63, 3.8) is 0 Å². The number of anilines is 1. The van der Waals surface area contributed by atoms with Gasteiger partial charge in [-0.3, -0.25) is 9.48 Å². The Labute approximate surface area is 117 Å². The molecule has 0 aromatic carbocycles. The van der Waals surface area contributed by atoms with Crippen molar-refractivity contribution >= 4 is 39.3 Å². The summed E-state index contributed by atoms with van der Waals surface area (Å²) in [5, 5.41) is 7.04. The third-order valence-corrected chi connectivity index (χ3v) is 2.97. The highest BCUT2D eigenvalue weighted by Gasteiger charge is 2.15. The minimum atomic E-state index is -0.373. The van der Waals surface area contributed by atoms with Crippen LogP contribution in [0.15, 0.2) is 29.0 Å². The second kappa shape index (κ2) is 5.49. The van der Waals surface area contributed by atoms with Crippen LogP contribution in [0.3, 0.4) is 0 Å². The van der Waals surface area contributed by atoms with Gasteiger partial charge >= 0.3 is 0 Å². The lowest BCUT2D eigenvalue weighted by Gasteiger charge is -2.02. The van der Waals surface area contributed by atoms with Crippen molar-refractivity contribution in [2.24, 2.45) is 0 Å². The summed E-state index contributed by atoms with van der Waals surface area (Å²) in [6.07, 6.45) is 3.22. The molecule has 2 aromatic heterocycles. The molecule has 0 aliphatic rings. The summed E-state index contributed by atoms with van der Waals surface area (Å²) < 4.78 is 2.44. The van der Waals surface area contributed by atoms with Gasteiger partial charge < -0.3 is 5.32 Å². The molecule has 2 aromatic rings. The SMILES string of the molecule is CCn1cc(Cl)c(C(=O)Nc2ccc(Br)cn2)n1. The fraction of sp³-hybridized carbons (Fsp3) is 0.182. The van der Waals surface area contributed by atoms with Gasteiger partial charge in [-0.15, -0.1) is 0 Å². The largest absolute Gasteiger partial charge is 0.305 e. The van der Waals surface area contributed by atoms with Crippen LogP contribution >= 0.6 is 27.5 Å². The number of aromatic nitrogens is 3. The van der Waals surface area contributed by atoms with E-state index in [4.69, 9.17) is 11.6 Å². The van der Waals surface area contributed by atoms with Crippen molar-refractivity contribution in [2.45, 2.75) is 13.5 Å². The molecule has 0 atom stereocenters. The molecule has 7 heteroatoms. The molecule has 0 saturated heterocycles. The van der Waals surface area contributed by atoms with E-state index in [0.29, 0.717) is 17.4 Å². The highest BCUT2D eigenvalue weighted by Crippen LogP contribution is 2.16. The number of carbonyl (C=O) groups is 1. The summed E-state index contributed by atoms with van der Waals surface area (Å²) >= 11 is 9.21. The number of nitrogens with zero attached hydrogens (tertiary/aromatic N) is 3. The van der Waals surface area contributed by atoms with Gasteiger partial charge in [-0.25, -0.2) is 4.98 Å². The lowest BCUT2D eigenvalue weighted by Crippen LogP contribution is -2.14. The van der Waals surface area contributed by atoms with E-state index in [9.17, 15) is 4.79 Å². The summed E-state index contributed by atoms with van der Waals surface area (Å²) in [4.78, 5) is 16.0. The lowest BCUT2D eigenvalue weighted by molar-refractivity contribution is 0.102. The normalized spacial score (nSPS) is 10.4. The molecule has 0 spiro atoms. The Bertz CT molecular complexity index is 567. The van der Waals surface area contributed by atoms with Crippen LogP contribution in [-0.4, -0.2) is 20.7 Å². The first-order valence-corrected chi connectivity index (χ1v) is 6.43. The Morgan fingerprint density at radius 1 is 1.56 bits per heavy atom. The number of hydrogen-bond acceptors (Lipinski definition) is 3. The summed E-state index contributed by atoms with van der Waals surface area (Å²) in [7, 11) is 0. The molecule has 1 N–H and O–H groups in total. The van der Waals surface area contributed by atoms with E-state index in [1.54, 1.807) is 29.2 Å². The van der Waals surface area contributed by atoms with E-state index in [2.05, 4.69) is 31.3 Å². The average molecular weight is 330 g/mol. The Morgan fingerprint density at radius 3 is 2.89 bits per heavy atom. The molecule has 2 rings (SSSR count). The van der Waals surface area contributed by atoms with Crippen LogP contribution in [0, 0.1) is 0 Å². The first-order chi connectivity index (χ1) is 8.60. The Morgan fingerprint density at radius 2 is 2.33 bits per heavy atom. The van der Waals surface area contributed by atoms with E-state index < -0.39 is 0 Å². The number of rotatable bonds is 3. The van der Waals surface area contributed by atoms with E-state index in [-0.39, 0.29) is 11.6 Å². The molecular formula is C11H10BrClN4O. The van der Waals surface area contributed by atoms with Gasteiger partial charge in [-0.05, 0) is 35.0 Å². The van der Waals surface area contributed by atoms with Crippen LogP contribution in [-0.2, 0) is 6.54 Å². The molecule has 0 fully saturated rings. The smallest absolute Gasteiger partial charge is 0.278 e. The number of hydrogen-bond donors (Lipinski definition) is 1. The summed E-state index contributed by atoms with van der Waals surface area (Å²) in [6.45, 7) is 2.57. The summed E-state index contributed by atoms with van der Waals surface area (Å²) in [5.41, 5.74) is 0.197. The molecular weight excluding hydrogens is 320 g/mol. The van der Waals surface area contributed by atoms with Gasteiger partial charge in [-0.1, -0.05) is 11.6 Å². The Balaban J connectivity index is 2.16. The van der Waals surface area contributed by atoms with E-state index in [1.807, 2.05) is 6.92 Å². The number of pyridine rings is 1. The van der Waals surface area contributed by atoms with Crippen molar-refractivity contribution in [2.75, 3.05) is 5.32 Å². The van der Waals surface area contributed by atoms with Gasteiger partial charge in [0, 0.05) is 23.4 Å². The standard InChI is InChI=1S/C11H10BrClN4O/c1-2-17-6-8(13)10(16-17)11(18)15-9-4-3-7(12)5-14-9/h3-6H,2H2,1H3,(H,14,15,18). The average Bonchev–Trinajstić information content (AvgIpc) is 2.73. The molecule has 0 unspecified atom stereocenters. The van der Waals surface area contributed by atoms with Crippen LogP contribution in [0.2, 0.25) is 5.02 Å². The van der Waals surface area contributed by atoms with Crippen LogP contribution < -0.4 is 5.32 Å². The topological polar surface area (TPSA) is 59.8 Å². The predicted molar refractivity (Wildman–Crippen MR) is 72.8 cm³/mol. The van der Waals surface area contributed by atoms with Crippen LogP contribution in [0.5, 0.6) is 0 Å². The number of nitrogens with one attached hydrogen (secondary N) is 1. The van der Waals surface area contributed by atoms with E-state index >= 15 is 0 Å². The highest BCUT2D eigenvalue weighted by atomic mass is 79.9. The molecule has 94 valence electrons.